The summed E-state index contributed by atoms with van der Waals surface area (Å²) in [5, 5.41) is 8.01. The molecule has 1 atom stereocenters. The van der Waals surface area contributed by atoms with Crippen LogP contribution in [0, 0.1) is 6.92 Å². The number of nitrogens with zero attached hydrogens (tertiary/aromatic N) is 4. The monoisotopic (exact) mass is 312 g/mol. The molecule has 2 aliphatic rings. The third-order valence-corrected chi connectivity index (χ3v) is 5.17. The van der Waals surface area contributed by atoms with Crippen molar-refractivity contribution in [2.45, 2.75) is 38.8 Å². The molecule has 2 aromatic rings. The van der Waals surface area contributed by atoms with E-state index in [1.807, 2.05) is 6.92 Å². The van der Waals surface area contributed by atoms with E-state index in [1.54, 1.807) is 11.1 Å². The van der Waals surface area contributed by atoms with Crippen LogP contribution in [0.3, 0.4) is 0 Å². The fourth-order valence-electron chi connectivity index (χ4n) is 3.87. The van der Waals surface area contributed by atoms with E-state index in [-0.39, 0.29) is 0 Å². The SMILES string of the molecule is Cc1nnc(CN2CCN([C@H]3CCc4ccccc4C3)CC2)o1. The highest BCUT2D eigenvalue weighted by Crippen LogP contribution is 2.25. The Bertz CT molecular complexity index is 661. The summed E-state index contributed by atoms with van der Waals surface area (Å²) < 4.78 is 5.49. The van der Waals surface area contributed by atoms with E-state index >= 15 is 0 Å². The number of rotatable bonds is 3. The maximum atomic E-state index is 5.49. The van der Waals surface area contributed by atoms with E-state index in [0.29, 0.717) is 11.9 Å². The number of hydrogen-bond acceptors (Lipinski definition) is 5. The Morgan fingerprint density at radius 1 is 1.09 bits per heavy atom. The fraction of sp³-hybridized carbons (Fsp3) is 0.556. The van der Waals surface area contributed by atoms with E-state index in [4.69, 9.17) is 4.42 Å². The molecule has 5 heteroatoms. The van der Waals surface area contributed by atoms with E-state index in [0.717, 1.165) is 38.6 Å². The molecule has 122 valence electrons. The zero-order valence-corrected chi connectivity index (χ0v) is 13.7. The van der Waals surface area contributed by atoms with Gasteiger partial charge in [0.2, 0.25) is 11.8 Å². The molecular formula is C18H24N4O. The molecule has 0 unspecified atom stereocenters. The predicted molar refractivity (Wildman–Crippen MR) is 88.1 cm³/mol. The molecule has 0 N–H and O–H groups in total. The highest BCUT2D eigenvalue weighted by atomic mass is 16.4. The van der Waals surface area contributed by atoms with E-state index in [2.05, 4.69) is 44.3 Å². The van der Waals surface area contributed by atoms with Gasteiger partial charge in [-0.15, -0.1) is 10.2 Å². The average Bonchev–Trinajstić information content (AvgIpc) is 3.00. The smallest absolute Gasteiger partial charge is 0.230 e. The maximum absolute atomic E-state index is 5.49. The molecule has 0 amide bonds. The van der Waals surface area contributed by atoms with Gasteiger partial charge >= 0.3 is 0 Å². The minimum Gasteiger partial charge on any atom is -0.424 e. The maximum Gasteiger partial charge on any atom is 0.230 e. The second-order valence-electron chi connectivity index (χ2n) is 6.69. The van der Waals surface area contributed by atoms with Gasteiger partial charge in [0.05, 0.1) is 6.54 Å². The zero-order chi connectivity index (χ0) is 15.6. The van der Waals surface area contributed by atoms with Gasteiger partial charge in [0.25, 0.3) is 0 Å². The Balaban J connectivity index is 1.32. The van der Waals surface area contributed by atoms with Crippen LogP contribution in [0.4, 0.5) is 0 Å². The van der Waals surface area contributed by atoms with Gasteiger partial charge in [0, 0.05) is 39.1 Å². The lowest BCUT2D eigenvalue weighted by atomic mass is 9.87. The van der Waals surface area contributed by atoms with E-state index in [1.165, 1.54) is 19.3 Å². The molecule has 0 bridgehead atoms. The summed E-state index contributed by atoms with van der Waals surface area (Å²) in [5.74, 6) is 1.39. The molecule has 1 saturated heterocycles. The summed E-state index contributed by atoms with van der Waals surface area (Å²) in [6.07, 6.45) is 3.72. The Labute approximate surface area is 137 Å². The molecule has 4 rings (SSSR count). The number of fused-ring (bicyclic) bond motifs is 1. The largest absolute Gasteiger partial charge is 0.424 e. The van der Waals surface area contributed by atoms with Crippen LogP contribution < -0.4 is 0 Å². The normalized spacial score (nSPS) is 22.9. The molecule has 5 nitrogen and oxygen atoms in total. The summed E-state index contributed by atoms with van der Waals surface area (Å²) in [7, 11) is 0. The van der Waals surface area contributed by atoms with Crippen LogP contribution in [-0.4, -0.2) is 52.2 Å². The van der Waals surface area contributed by atoms with Gasteiger partial charge in [0.15, 0.2) is 0 Å². The topological polar surface area (TPSA) is 45.4 Å². The Hall–Kier alpha value is -1.72. The second-order valence-corrected chi connectivity index (χ2v) is 6.69. The van der Waals surface area contributed by atoms with Crippen LogP contribution in [0.2, 0.25) is 0 Å². The molecule has 0 saturated carbocycles. The van der Waals surface area contributed by atoms with Crippen molar-refractivity contribution < 1.29 is 4.42 Å². The third kappa shape index (κ3) is 3.31. The molecule has 1 fully saturated rings. The van der Waals surface area contributed by atoms with Crippen molar-refractivity contribution in [2.24, 2.45) is 0 Å². The van der Waals surface area contributed by atoms with E-state index < -0.39 is 0 Å². The lowest BCUT2D eigenvalue weighted by molar-refractivity contribution is 0.0806. The van der Waals surface area contributed by atoms with Crippen LogP contribution in [-0.2, 0) is 19.4 Å². The lowest BCUT2D eigenvalue weighted by Gasteiger charge is -2.40. The van der Waals surface area contributed by atoms with Crippen molar-refractivity contribution in [1.29, 1.82) is 0 Å². The third-order valence-electron chi connectivity index (χ3n) is 5.17. The number of piperazine rings is 1. The van der Waals surface area contributed by atoms with Crippen molar-refractivity contribution in [3.8, 4) is 0 Å². The molecule has 23 heavy (non-hydrogen) atoms. The molecule has 0 spiro atoms. The number of benzene rings is 1. The molecule has 2 heterocycles. The quantitative estimate of drug-likeness (QED) is 0.868. The Kier molecular flexibility index (Phi) is 4.14. The van der Waals surface area contributed by atoms with Crippen molar-refractivity contribution in [1.82, 2.24) is 20.0 Å². The van der Waals surface area contributed by atoms with Gasteiger partial charge in [-0.2, -0.15) is 0 Å². The molecule has 1 aromatic carbocycles. The summed E-state index contributed by atoms with van der Waals surface area (Å²) >= 11 is 0. The molecule has 1 aromatic heterocycles. The van der Waals surface area contributed by atoms with Crippen LogP contribution in [0.25, 0.3) is 0 Å². The average molecular weight is 312 g/mol. The minimum atomic E-state index is 0.652. The number of aryl methyl sites for hydroxylation is 2. The first-order chi connectivity index (χ1) is 11.3. The first-order valence-electron chi connectivity index (χ1n) is 8.60. The molecule has 0 radical (unpaired) electrons. The van der Waals surface area contributed by atoms with Crippen LogP contribution >= 0.6 is 0 Å². The highest BCUT2D eigenvalue weighted by molar-refractivity contribution is 5.30. The van der Waals surface area contributed by atoms with Crippen molar-refractivity contribution in [3.05, 3.63) is 47.2 Å². The van der Waals surface area contributed by atoms with Gasteiger partial charge in [0.1, 0.15) is 0 Å². The van der Waals surface area contributed by atoms with Crippen molar-refractivity contribution >= 4 is 0 Å². The molecule has 1 aliphatic heterocycles. The summed E-state index contributed by atoms with van der Waals surface area (Å²) in [5.41, 5.74) is 3.10. The van der Waals surface area contributed by atoms with Gasteiger partial charge < -0.3 is 4.42 Å². The van der Waals surface area contributed by atoms with Crippen molar-refractivity contribution in [2.75, 3.05) is 26.2 Å². The van der Waals surface area contributed by atoms with Gasteiger partial charge in [-0.1, -0.05) is 24.3 Å². The lowest BCUT2D eigenvalue weighted by Crippen LogP contribution is -2.51. The number of hydrogen-bond donors (Lipinski definition) is 0. The zero-order valence-electron chi connectivity index (χ0n) is 13.7. The molecule has 1 aliphatic carbocycles. The minimum absolute atomic E-state index is 0.652. The first kappa shape index (κ1) is 14.8. The summed E-state index contributed by atoms with van der Waals surface area (Å²) in [6.45, 7) is 7.07. The second kappa shape index (κ2) is 6.42. The first-order valence-corrected chi connectivity index (χ1v) is 8.60. The summed E-state index contributed by atoms with van der Waals surface area (Å²) in [4.78, 5) is 5.09. The van der Waals surface area contributed by atoms with Gasteiger partial charge in [-0.05, 0) is 30.4 Å². The van der Waals surface area contributed by atoms with Gasteiger partial charge in [-0.25, -0.2) is 0 Å². The standard InChI is InChI=1S/C18H24N4O/c1-14-19-20-18(23-14)13-21-8-10-22(11-9-21)17-7-6-15-4-2-3-5-16(15)12-17/h2-5,17H,6-13H2,1H3/t17-/m0/s1. The Morgan fingerprint density at radius 2 is 1.87 bits per heavy atom. The highest BCUT2D eigenvalue weighted by Gasteiger charge is 2.27. The predicted octanol–water partition coefficient (Wildman–Crippen LogP) is 2.05. The Morgan fingerprint density at radius 3 is 2.61 bits per heavy atom. The molecular weight excluding hydrogens is 288 g/mol. The van der Waals surface area contributed by atoms with Gasteiger partial charge in [-0.3, -0.25) is 9.80 Å². The summed E-state index contributed by atoms with van der Waals surface area (Å²) in [6, 6.07) is 9.63. The van der Waals surface area contributed by atoms with E-state index in [9.17, 15) is 0 Å². The fourth-order valence-corrected chi connectivity index (χ4v) is 3.87. The van der Waals surface area contributed by atoms with Crippen LogP contribution in [0.1, 0.15) is 29.3 Å². The number of aromatic nitrogens is 2. The van der Waals surface area contributed by atoms with Crippen LogP contribution in [0.5, 0.6) is 0 Å². The van der Waals surface area contributed by atoms with Crippen LogP contribution in [0.15, 0.2) is 28.7 Å². The van der Waals surface area contributed by atoms with Crippen molar-refractivity contribution in [3.63, 3.8) is 0 Å².